The van der Waals surface area contributed by atoms with Gasteiger partial charge < -0.3 is 14.8 Å². The summed E-state index contributed by atoms with van der Waals surface area (Å²) in [7, 11) is 0. The van der Waals surface area contributed by atoms with E-state index in [0.29, 0.717) is 24.8 Å². The lowest BCUT2D eigenvalue weighted by Crippen LogP contribution is -2.32. The maximum Gasteiger partial charge on any atom is 0.258 e. The second-order valence-electron chi connectivity index (χ2n) is 8.08. The van der Waals surface area contributed by atoms with Gasteiger partial charge in [0.15, 0.2) is 6.61 Å². The molecule has 0 saturated carbocycles. The minimum absolute atomic E-state index is 0.00614. The Balaban J connectivity index is 1.77. The number of rotatable bonds is 8. The predicted octanol–water partition coefficient (Wildman–Crippen LogP) is 5.44. The van der Waals surface area contributed by atoms with Crippen LogP contribution in [0.5, 0.6) is 11.5 Å². The summed E-state index contributed by atoms with van der Waals surface area (Å²) in [5, 5.41) is 2.83. The van der Waals surface area contributed by atoms with Crippen LogP contribution in [0.4, 0.5) is 0 Å². The minimum atomic E-state index is -0.174. The van der Waals surface area contributed by atoms with E-state index in [9.17, 15) is 4.79 Å². The van der Waals surface area contributed by atoms with E-state index in [2.05, 4.69) is 61.9 Å². The molecule has 28 heavy (non-hydrogen) atoms. The van der Waals surface area contributed by atoms with Crippen molar-refractivity contribution in [3.05, 3.63) is 58.1 Å². The summed E-state index contributed by atoms with van der Waals surface area (Å²) >= 11 is 3.50. The molecule has 1 N–H and O–H groups in total. The summed E-state index contributed by atoms with van der Waals surface area (Å²) in [6.07, 6.45) is 0. The van der Waals surface area contributed by atoms with Crippen molar-refractivity contribution in [3.8, 4) is 11.5 Å². The first-order valence-corrected chi connectivity index (χ1v) is 10.4. The average molecular weight is 448 g/mol. The number of amides is 1. The lowest BCUT2D eigenvalue weighted by molar-refractivity contribution is -0.123. The molecule has 0 aliphatic carbocycles. The highest BCUT2D eigenvalue weighted by Gasteiger charge is 2.18. The number of carbonyl (C=O) groups is 1. The second-order valence-corrected chi connectivity index (χ2v) is 8.93. The molecule has 0 atom stereocenters. The topological polar surface area (TPSA) is 47.6 Å². The van der Waals surface area contributed by atoms with E-state index in [1.54, 1.807) is 0 Å². The van der Waals surface area contributed by atoms with E-state index in [0.717, 1.165) is 15.8 Å². The van der Waals surface area contributed by atoms with Crippen LogP contribution in [-0.2, 0) is 10.2 Å². The first-order chi connectivity index (χ1) is 13.2. The van der Waals surface area contributed by atoms with Gasteiger partial charge >= 0.3 is 0 Å². The SMILES string of the molecule is CC(C)c1ccc(OCC(=O)NCCOc2ccccc2C(C)(C)C)c(Br)c1. The number of nitrogens with one attached hydrogen (secondary N) is 1. The summed E-state index contributed by atoms with van der Waals surface area (Å²) in [6, 6.07) is 13.9. The summed E-state index contributed by atoms with van der Waals surface area (Å²) in [5.41, 5.74) is 2.38. The van der Waals surface area contributed by atoms with Crippen LogP contribution in [0, 0.1) is 0 Å². The Morgan fingerprint density at radius 1 is 1.07 bits per heavy atom. The third-order valence-corrected chi connectivity index (χ3v) is 4.98. The quantitative estimate of drug-likeness (QED) is 0.547. The van der Waals surface area contributed by atoms with E-state index in [4.69, 9.17) is 9.47 Å². The van der Waals surface area contributed by atoms with Gasteiger partial charge in [0.05, 0.1) is 11.0 Å². The molecule has 0 spiro atoms. The van der Waals surface area contributed by atoms with Gasteiger partial charge in [-0.1, -0.05) is 58.9 Å². The van der Waals surface area contributed by atoms with Gasteiger partial charge in [0.1, 0.15) is 18.1 Å². The van der Waals surface area contributed by atoms with E-state index in [1.165, 1.54) is 5.56 Å². The predicted molar refractivity (Wildman–Crippen MR) is 117 cm³/mol. The Bertz CT molecular complexity index is 797. The molecule has 0 unspecified atom stereocenters. The summed E-state index contributed by atoms with van der Waals surface area (Å²) in [6.45, 7) is 11.5. The number of ether oxygens (including phenoxy) is 2. The Morgan fingerprint density at radius 3 is 2.43 bits per heavy atom. The molecule has 1 amide bonds. The van der Waals surface area contributed by atoms with Crippen LogP contribution in [0.25, 0.3) is 0 Å². The Labute approximate surface area is 176 Å². The van der Waals surface area contributed by atoms with Gasteiger partial charge in [0.25, 0.3) is 5.91 Å². The fourth-order valence-electron chi connectivity index (χ4n) is 2.75. The van der Waals surface area contributed by atoms with Crippen molar-refractivity contribution in [1.82, 2.24) is 5.32 Å². The number of carbonyl (C=O) groups excluding carboxylic acids is 1. The zero-order chi connectivity index (χ0) is 20.7. The molecule has 0 heterocycles. The number of halogens is 1. The normalized spacial score (nSPS) is 11.4. The standard InChI is InChI=1S/C23H30BrNO3/c1-16(2)17-10-11-21(19(24)14-17)28-15-22(26)25-12-13-27-20-9-7-6-8-18(20)23(3,4)5/h6-11,14,16H,12-13,15H2,1-5H3,(H,25,26). The van der Waals surface area contributed by atoms with Gasteiger partial charge in [-0.15, -0.1) is 0 Å². The van der Waals surface area contributed by atoms with E-state index < -0.39 is 0 Å². The molecule has 152 valence electrons. The van der Waals surface area contributed by atoms with Gasteiger partial charge in [-0.2, -0.15) is 0 Å². The molecule has 0 aliphatic rings. The van der Waals surface area contributed by atoms with Gasteiger partial charge in [-0.3, -0.25) is 4.79 Å². The molecule has 0 aliphatic heterocycles. The van der Waals surface area contributed by atoms with Crippen LogP contribution in [0.3, 0.4) is 0 Å². The second kappa shape index (κ2) is 9.97. The van der Waals surface area contributed by atoms with Crippen molar-refractivity contribution in [3.63, 3.8) is 0 Å². The van der Waals surface area contributed by atoms with Crippen LogP contribution in [-0.4, -0.2) is 25.7 Å². The Kier molecular flexibility index (Phi) is 7.93. The van der Waals surface area contributed by atoms with Crippen molar-refractivity contribution >= 4 is 21.8 Å². The first kappa shape index (κ1) is 22.3. The summed E-state index contributed by atoms with van der Waals surface area (Å²) in [5.74, 6) is 1.79. The average Bonchev–Trinajstić information content (AvgIpc) is 2.63. The van der Waals surface area contributed by atoms with Crippen LogP contribution in [0.15, 0.2) is 46.9 Å². The van der Waals surface area contributed by atoms with Crippen LogP contribution in [0.2, 0.25) is 0 Å². The molecule has 2 rings (SSSR count). The molecule has 4 nitrogen and oxygen atoms in total. The maximum atomic E-state index is 12.0. The number of para-hydroxylation sites is 1. The summed E-state index contributed by atoms with van der Waals surface area (Å²) in [4.78, 5) is 12.0. The highest BCUT2D eigenvalue weighted by Crippen LogP contribution is 2.31. The van der Waals surface area contributed by atoms with Gasteiger partial charge in [-0.05, 0) is 56.6 Å². The lowest BCUT2D eigenvalue weighted by Gasteiger charge is -2.22. The lowest BCUT2D eigenvalue weighted by atomic mass is 9.86. The molecular formula is C23H30BrNO3. The van der Waals surface area contributed by atoms with Gasteiger partial charge in [-0.25, -0.2) is 0 Å². The van der Waals surface area contributed by atoms with Crippen molar-refractivity contribution in [2.75, 3.05) is 19.8 Å². The van der Waals surface area contributed by atoms with Crippen LogP contribution < -0.4 is 14.8 Å². The fraction of sp³-hybridized carbons (Fsp3) is 0.435. The molecule has 0 radical (unpaired) electrons. The molecule has 0 bridgehead atoms. The zero-order valence-electron chi connectivity index (χ0n) is 17.3. The van der Waals surface area contributed by atoms with Crippen LogP contribution in [0.1, 0.15) is 51.7 Å². The summed E-state index contributed by atoms with van der Waals surface area (Å²) < 4.78 is 12.3. The van der Waals surface area contributed by atoms with Gasteiger partial charge in [0, 0.05) is 0 Å². The number of hydrogen-bond donors (Lipinski definition) is 1. The number of hydrogen-bond acceptors (Lipinski definition) is 3. The fourth-order valence-corrected chi connectivity index (χ4v) is 3.26. The highest BCUT2D eigenvalue weighted by atomic mass is 79.9. The van der Waals surface area contributed by atoms with E-state index in [-0.39, 0.29) is 17.9 Å². The zero-order valence-corrected chi connectivity index (χ0v) is 18.9. The number of benzene rings is 2. The van der Waals surface area contributed by atoms with Gasteiger partial charge in [0.2, 0.25) is 0 Å². The van der Waals surface area contributed by atoms with Crippen molar-refractivity contribution < 1.29 is 14.3 Å². The molecule has 0 saturated heterocycles. The highest BCUT2D eigenvalue weighted by molar-refractivity contribution is 9.10. The molecular weight excluding hydrogens is 418 g/mol. The molecule has 0 aromatic heterocycles. The molecule has 0 fully saturated rings. The Morgan fingerprint density at radius 2 is 1.79 bits per heavy atom. The molecule has 5 heteroatoms. The van der Waals surface area contributed by atoms with E-state index >= 15 is 0 Å². The van der Waals surface area contributed by atoms with Crippen molar-refractivity contribution in [1.29, 1.82) is 0 Å². The smallest absolute Gasteiger partial charge is 0.258 e. The Hall–Kier alpha value is -2.01. The molecule has 2 aromatic carbocycles. The first-order valence-electron chi connectivity index (χ1n) is 9.59. The largest absolute Gasteiger partial charge is 0.491 e. The molecule has 2 aromatic rings. The monoisotopic (exact) mass is 447 g/mol. The van der Waals surface area contributed by atoms with E-state index in [1.807, 2.05) is 36.4 Å². The van der Waals surface area contributed by atoms with Crippen LogP contribution >= 0.6 is 15.9 Å². The minimum Gasteiger partial charge on any atom is -0.491 e. The van der Waals surface area contributed by atoms with Crippen molar-refractivity contribution in [2.45, 2.75) is 46.0 Å². The third-order valence-electron chi connectivity index (χ3n) is 4.36. The van der Waals surface area contributed by atoms with Crippen molar-refractivity contribution in [2.24, 2.45) is 0 Å². The maximum absolute atomic E-state index is 12.0. The third kappa shape index (κ3) is 6.55.